The lowest BCUT2D eigenvalue weighted by Crippen LogP contribution is -2.32. The second-order valence-electron chi connectivity index (χ2n) is 7.30. The monoisotopic (exact) mass is 444 g/mol. The summed E-state index contributed by atoms with van der Waals surface area (Å²) in [7, 11) is 5.60. The van der Waals surface area contributed by atoms with Gasteiger partial charge in [0.25, 0.3) is 0 Å². The van der Waals surface area contributed by atoms with Crippen molar-refractivity contribution in [1.82, 2.24) is 0 Å². The fourth-order valence-electron chi connectivity index (χ4n) is 4.21. The molecule has 0 bridgehead atoms. The molecule has 9 heteroatoms. The highest BCUT2D eigenvalue weighted by molar-refractivity contribution is 5.84. The largest absolute Gasteiger partial charge is 0.493 e. The van der Waals surface area contributed by atoms with E-state index in [9.17, 15) is 9.59 Å². The predicted molar refractivity (Wildman–Crippen MR) is 110 cm³/mol. The van der Waals surface area contributed by atoms with Crippen molar-refractivity contribution in [3.05, 3.63) is 47.5 Å². The van der Waals surface area contributed by atoms with E-state index in [0.29, 0.717) is 34.1 Å². The van der Waals surface area contributed by atoms with Crippen molar-refractivity contribution in [2.24, 2.45) is 11.8 Å². The van der Waals surface area contributed by atoms with Crippen LogP contribution in [0.5, 0.6) is 23.0 Å². The van der Waals surface area contributed by atoms with Crippen molar-refractivity contribution in [1.29, 1.82) is 0 Å². The number of esters is 2. The Morgan fingerprint density at radius 1 is 0.750 bits per heavy atom. The second kappa shape index (κ2) is 8.96. The van der Waals surface area contributed by atoms with E-state index in [1.165, 1.54) is 28.4 Å². The Kier molecular flexibility index (Phi) is 6.09. The number of carbonyl (C=O) groups excluding carboxylic acids is 2. The third kappa shape index (κ3) is 3.69. The van der Waals surface area contributed by atoms with E-state index in [1.807, 2.05) is 0 Å². The van der Waals surface area contributed by atoms with Crippen LogP contribution in [0.2, 0.25) is 0 Å². The summed E-state index contributed by atoms with van der Waals surface area (Å²) in [5.41, 5.74) is 1.29. The fourth-order valence-corrected chi connectivity index (χ4v) is 4.21. The van der Waals surface area contributed by atoms with Crippen LogP contribution in [0.4, 0.5) is 0 Å². The highest BCUT2D eigenvalue weighted by Crippen LogP contribution is 2.52. The van der Waals surface area contributed by atoms with Gasteiger partial charge in [-0.2, -0.15) is 0 Å². The van der Waals surface area contributed by atoms with Gasteiger partial charge in [-0.1, -0.05) is 12.1 Å². The van der Waals surface area contributed by atoms with Gasteiger partial charge in [0.15, 0.2) is 23.0 Å². The lowest BCUT2D eigenvalue weighted by Gasteiger charge is -2.21. The zero-order valence-corrected chi connectivity index (χ0v) is 18.2. The van der Waals surface area contributed by atoms with Crippen LogP contribution < -0.4 is 18.9 Å². The number of ether oxygens (including phenoxy) is 7. The number of fused-ring (bicyclic) bond motifs is 1. The third-order valence-electron chi connectivity index (χ3n) is 5.74. The average molecular weight is 444 g/mol. The van der Waals surface area contributed by atoms with E-state index in [0.717, 1.165) is 0 Å². The van der Waals surface area contributed by atoms with E-state index in [1.54, 1.807) is 36.4 Å². The van der Waals surface area contributed by atoms with Crippen LogP contribution >= 0.6 is 0 Å². The van der Waals surface area contributed by atoms with Gasteiger partial charge in [-0.25, -0.2) is 0 Å². The van der Waals surface area contributed by atoms with Crippen LogP contribution in [0.1, 0.15) is 23.3 Å². The van der Waals surface area contributed by atoms with E-state index in [4.69, 9.17) is 33.2 Å². The molecule has 0 unspecified atom stereocenters. The standard InChI is InChI=1S/C23H24O9/c1-26-14-7-5-12(9-16(14)27-2)20-18(22(24)28-3)19(23(25)29-4)21(32-20)13-6-8-15-17(10-13)31-11-30-15/h5-10,18-21H,11H2,1-4H3/t18-,19-,20+,21-/m1/s1. The van der Waals surface area contributed by atoms with Crippen LogP contribution in [0.25, 0.3) is 0 Å². The van der Waals surface area contributed by atoms with Crippen molar-refractivity contribution < 1.29 is 42.7 Å². The molecular formula is C23H24O9. The van der Waals surface area contributed by atoms with Gasteiger partial charge in [0.05, 0.1) is 40.6 Å². The highest BCUT2D eigenvalue weighted by atomic mass is 16.7. The van der Waals surface area contributed by atoms with E-state index in [-0.39, 0.29) is 6.79 Å². The van der Waals surface area contributed by atoms with Gasteiger partial charge in [-0.3, -0.25) is 9.59 Å². The maximum absolute atomic E-state index is 12.9. The highest BCUT2D eigenvalue weighted by Gasteiger charge is 2.54. The Morgan fingerprint density at radius 3 is 1.91 bits per heavy atom. The topological polar surface area (TPSA) is 98.8 Å². The first kappa shape index (κ1) is 21.8. The number of benzene rings is 2. The van der Waals surface area contributed by atoms with Gasteiger partial charge in [0.2, 0.25) is 6.79 Å². The molecule has 32 heavy (non-hydrogen) atoms. The molecule has 0 aliphatic carbocycles. The number of methoxy groups -OCH3 is 4. The molecule has 9 nitrogen and oxygen atoms in total. The van der Waals surface area contributed by atoms with Crippen molar-refractivity contribution in [3.8, 4) is 23.0 Å². The summed E-state index contributed by atoms with van der Waals surface area (Å²) < 4.78 is 38.0. The fraction of sp³-hybridized carbons (Fsp3) is 0.391. The molecule has 0 aromatic heterocycles. The first-order chi connectivity index (χ1) is 15.5. The molecule has 0 amide bonds. The lowest BCUT2D eigenvalue weighted by atomic mass is 9.82. The molecule has 170 valence electrons. The maximum atomic E-state index is 12.9. The Hall–Kier alpha value is -3.46. The van der Waals surface area contributed by atoms with Crippen LogP contribution in [-0.4, -0.2) is 47.2 Å². The molecule has 2 aromatic rings. The zero-order valence-electron chi connectivity index (χ0n) is 18.2. The summed E-state index contributed by atoms with van der Waals surface area (Å²) in [4.78, 5) is 25.7. The molecule has 0 N–H and O–H groups in total. The van der Waals surface area contributed by atoms with Crippen molar-refractivity contribution in [3.63, 3.8) is 0 Å². The number of rotatable bonds is 6. The third-order valence-corrected chi connectivity index (χ3v) is 5.74. The minimum atomic E-state index is -0.944. The normalized spacial score (nSPS) is 23.5. The minimum Gasteiger partial charge on any atom is -0.493 e. The summed E-state index contributed by atoms with van der Waals surface area (Å²) in [6, 6.07) is 10.5. The molecule has 4 atom stereocenters. The lowest BCUT2D eigenvalue weighted by molar-refractivity contribution is -0.157. The molecule has 2 aromatic carbocycles. The van der Waals surface area contributed by atoms with Crippen LogP contribution in [0.15, 0.2) is 36.4 Å². The summed E-state index contributed by atoms with van der Waals surface area (Å²) in [6.45, 7) is 0.115. The average Bonchev–Trinajstić information content (AvgIpc) is 3.46. The SMILES string of the molecule is COC(=O)[C@@H]1[C@@H](C(=O)OC)[C@H](c2ccc(OC)c(OC)c2)O[C@@H]1c1ccc2c(c1)OCO2. The second-order valence-corrected chi connectivity index (χ2v) is 7.30. The van der Waals surface area contributed by atoms with Gasteiger partial charge in [-0.05, 0) is 35.4 Å². The predicted octanol–water partition coefficient (Wildman–Crippen LogP) is 2.82. The number of hydrogen-bond acceptors (Lipinski definition) is 9. The Morgan fingerprint density at radius 2 is 1.31 bits per heavy atom. The van der Waals surface area contributed by atoms with Crippen LogP contribution in [0.3, 0.4) is 0 Å². The quantitative estimate of drug-likeness (QED) is 0.623. The van der Waals surface area contributed by atoms with Crippen molar-refractivity contribution in [2.75, 3.05) is 35.2 Å². The van der Waals surface area contributed by atoms with Gasteiger partial charge in [0.1, 0.15) is 11.8 Å². The summed E-state index contributed by atoms with van der Waals surface area (Å²) in [5.74, 6) is -0.901. The van der Waals surface area contributed by atoms with Crippen molar-refractivity contribution in [2.45, 2.75) is 12.2 Å². The molecule has 2 aliphatic rings. The van der Waals surface area contributed by atoms with Crippen molar-refractivity contribution >= 4 is 11.9 Å². The summed E-state index contributed by atoms with van der Waals surface area (Å²) >= 11 is 0. The van der Waals surface area contributed by atoms with E-state index in [2.05, 4.69) is 0 Å². The molecule has 4 rings (SSSR count). The Labute approximate surface area is 185 Å². The van der Waals surface area contributed by atoms with Gasteiger partial charge in [0, 0.05) is 0 Å². The van der Waals surface area contributed by atoms with Gasteiger partial charge < -0.3 is 33.2 Å². The Bertz CT molecular complexity index is 1020. The first-order valence-corrected chi connectivity index (χ1v) is 9.95. The Balaban J connectivity index is 1.79. The molecule has 1 saturated heterocycles. The molecule has 2 aliphatic heterocycles. The van der Waals surface area contributed by atoms with Crippen LogP contribution in [0, 0.1) is 11.8 Å². The molecule has 2 heterocycles. The molecule has 0 radical (unpaired) electrons. The first-order valence-electron chi connectivity index (χ1n) is 9.95. The van der Waals surface area contributed by atoms with Gasteiger partial charge in [-0.15, -0.1) is 0 Å². The molecule has 0 saturated carbocycles. The number of carbonyl (C=O) groups is 2. The molecular weight excluding hydrogens is 420 g/mol. The zero-order chi connectivity index (χ0) is 22.8. The minimum absolute atomic E-state index is 0.115. The molecule has 0 spiro atoms. The van der Waals surface area contributed by atoms with E-state index < -0.39 is 36.0 Å². The smallest absolute Gasteiger partial charge is 0.312 e. The summed E-state index contributed by atoms with van der Waals surface area (Å²) in [6.07, 6.45) is -1.57. The summed E-state index contributed by atoms with van der Waals surface area (Å²) in [5, 5.41) is 0. The van der Waals surface area contributed by atoms with Gasteiger partial charge >= 0.3 is 11.9 Å². The van der Waals surface area contributed by atoms with Crippen LogP contribution in [-0.2, 0) is 23.8 Å². The van der Waals surface area contributed by atoms with E-state index >= 15 is 0 Å². The number of hydrogen-bond donors (Lipinski definition) is 0. The molecule has 1 fully saturated rings. The maximum Gasteiger partial charge on any atom is 0.312 e.